The molecule has 4 nitrogen and oxygen atoms in total. The summed E-state index contributed by atoms with van der Waals surface area (Å²) in [6.45, 7) is 0.469. The van der Waals surface area contributed by atoms with Crippen molar-refractivity contribution >= 4 is 22.6 Å². The Balaban J connectivity index is 1.96. The fourth-order valence-electron chi connectivity index (χ4n) is 2.04. The normalized spacial score (nSPS) is 10.8. The number of nitrogens with one attached hydrogen (secondary N) is 1. The van der Waals surface area contributed by atoms with Crippen LogP contribution >= 0.6 is 0 Å². The zero-order chi connectivity index (χ0) is 14.4. The van der Waals surface area contributed by atoms with Crippen molar-refractivity contribution in [1.82, 2.24) is 5.32 Å². The molecule has 0 aliphatic rings. The van der Waals surface area contributed by atoms with E-state index < -0.39 is 11.9 Å². The van der Waals surface area contributed by atoms with Gasteiger partial charge in [0.05, 0.1) is 0 Å². The monoisotopic (exact) mass is 269 g/mol. The molecule has 0 aliphatic carbocycles. The Morgan fingerprint density at radius 1 is 1.05 bits per heavy atom. The summed E-state index contributed by atoms with van der Waals surface area (Å²) in [5, 5.41) is 13.4. The van der Waals surface area contributed by atoms with E-state index in [1.807, 2.05) is 36.4 Å². The molecule has 0 fully saturated rings. The van der Waals surface area contributed by atoms with Crippen molar-refractivity contribution in [3.63, 3.8) is 0 Å². The van der Waals surface area contributed by atoms with Gasteiger partial charge in [-0.25, -0.2) is 4.79 Å². The molecule has 0 radical (unpaired) electrons. The largest absolute Gasteiger partial charge is 0.478 e. The maximum Gasteiger partial charge on any atom is 0.328 e. The minimum absolute atomic E-state index is 0.396. The molecule has 0 aliphatic heterocycles. The SMILES string of the molecule is O=C(O)C=CC(=O)NCCc1cccc2ccccc12. The van der Waals surface area contributed by atoms with Crippen LogP contribution in [0.3, 0.4) is 0 Å². The molecule has 0 atom stereocenters. The van der Waals surface area contributed by atoms with Crippen molar-refractivity contribution in [1.29, 1.82) is 0 Å². The van der Waals surface area contributed by atoms with E-state index in [2.05, 4.69) is 11.4 Å². The minimum atomic E-state index is -1.13. The molecular formula is C16H15NO3. The van der Waals surface area contributed by atoms with Crippen molar-refractivity contribution < 1.29 is 14.7 Å². The van der Waals surface area contributed by atoms with E-state index in [-0.39, 0.29) is 0 Å². The molecule has 0 saturated carbocycles. The number of amides is 1. The number of carbonyl (C=O) groups excluding carboxylic acids is 1. The summed E-state index contributed by atoms with van der Waals surface area (Å²) in [5.74, 6) is -1.53. The maximum atomic E-state index is 11.3. The van der Waals surface area contributed by atoms with Crippen LogP contribution < -0.4 is 5.32 Å². The molecular weight excluding hydrogens is 254 g/mol. The Kier molecular flexibility index (Phi) is 4.50. The van der Waals surface area contributed by atoms with Crippen LogP contribution in [0, 0.1) is 0 Å². The quantitative estimate of drug-likeness (QED) is 0.817. The number of carboxylic acids is 1. The van der Waals surface area contributed by atoms with Crippen molar-refractivity contribution in [2.45, 2.75) is 6.42 Å². The zero-order valence-corrected chi connectivity index (χ0v) is 10.9. The standard InChI is InChI=1S/C16H15NO3/c18-15(8-9-16(19)20)17-11-10-13-6-3-5-12-4-1-2-7-14(12)13/h1-9H,10-11H2,(H,17,18)(H,19,20). The first-order chi connectivity index (χ1) is 9.66. The summed E-state index contributed by atoms with van der Waals surface area (Å²) < 4.78 is 0. The van der Waals surface area contributed by atoms with E-state index in [1.54, 1.807) is 0 Å². The summed E-state index contributed by atoms with van der Waals surface area (Å²) in [7, 11) is 0. The van der Waals surface area contributed by atoms with Crippen LogP contribution in [0.2, 0.25) is 0 Å². The Labute approximate surface area is 116 Å². The summed E-state index contributed by atoms with van der Waals surface area (Å²) in [4.78, 5) is 21.6. The molecule has 0 heterocycles. The number of rotatable bonds is 5. The van der Waals surface area contributed by atoms with Crippen LogP contribution in [-0.4, -0.2) is 23.5 Å². The van der Waals surface area contributed by atoms with Crippen LogP contribution in [0.15, 0.2) is 54.6 Å². The molecule has 102 valence electrons. The van der Waals surface area contributed by atoms with E-state index in [0.717, 1.165) is 17.7 Å². The summed E-state index contributed by atoms with van der Waals surface area (Å²) >= 11 is 0. The van der Waals surface area contributed by atoms with Gasteiger partial charge in [0.1, 0.15) is 0 Å². The van der Waals surface area contributed by atoms with Gasteiger partial charge in [-0.05, 0) is 22.8 Å². The zero-order valence-electron chi connectivity index (χ0n) is 10.9. The first kappa shape index (κ1) is 13.8. The number of hydrogen-bond donors (Lipinski definition) is 2. The molecule has 0 spiro atoms. The first-order valence-corrected chi connectivity index (χ1v) is 6.32. The lowest BCUT2D eigenvalue weighted by atomic mass is 10.0. The molecule has 20 heavy (non-hydrogen) atoms. The average molecular weight is 269 g/mol. The highest BCUT2D eigenvalue weighted by atomic mass is 16.4. The van der Waals surface area contributed by atoms with Gasteiger partial charge in [-0.1, -0.05) is 42.5 Å². The average Bonchev–Trinajstić information content (AvgIpc) is 2.45. The minimum Gasteiger partial charge on any atom is -0.478 e. The third-order valence-electron chi connectivity index (χ3n) is 2.95. The molecule has 2 N–H and O–H groups in total. The van der Waals surface area contributed by atoms with Gasteiger partial charge < -0.3 is 10.4 Å². The Hall–Kier alpha value is -2.62. The molecule has 0 aromatic heterocycles. The molecule has 2 aromatic carbocycles. The van der Waals surface area contributed by atoms with E-state index in [4.69, 9.17) is 5.11 Å². The van der Waals surface area contributed by atoms with E-state index >= 15 is 0 Å². The van der Waals surface area contributed by atoms with Crippen LogP contribution in [0.1, 0.15) is 5.56 Å². The fraction of sp³-hybridized carbons (Fsp3) is 0.125. The van der Waals surface area contributed by atoms with E-state index in [0.29, 0.717) is 13.0 Å². The Bertz CT molecular complexity index is 656. The van der Waals surface area contributed by atoms with Gasteiger partial charge in [-0.15, -0.1) is 0 Å². The highest BCUT2D eigenvalue weighted by Crippen LogP contribution is 2.18. The highest BCUT2D eigenvalue weighted by Gasteiger charge is 2.01. The third-order valence-corrected chi connectivity index (χ3v) is 2.95. The second-order valence-electron chi connectivity index (χ2n) is 4.35. The number of fused-ring (bicyclic) bond motifs is 1. The summed E-state index contributed by atoms with van der Waals surface area (Å²) in [6.07, 6.45) is 2.55. The van der Waals surface area contributed by atoms with E-state index in [1.165, 1.54) is 10.8 Å². The number of carbonyl (C=O) groups is 2. The molecule has 0 saturated heterocycles. The van der Waals surface area contributed by atoms with Crippen molar-refractivity contribution in [3.05, 3.63) is 60.2 Å². The van der Waals surface area contributed by atoms with Crippen LogP contribution in [0.4, 0.5) is 0 Å². The number of aliphatic carboxylic acids is 1. The predicted molar refractivity (Wildman–Crippen MR) is 77.4 cm³/mol. The summed E-state index contributed by atoms with van der Waals surface area (Å²) in [6, 6.07) is 14.1. The molecule has 0 unspecified atom stereocenters. The van der Waals surface area contributed by atoms with Crippen molar-refractivity contribution in [2.24, 2.45) is 0 Å². The lowest BCUT2D eigenvalue weighted by molar-refractivity contribution is -0.131. The topological polar surface area (TPSA) is 66.4 Å². The van der Waals surface area contributed by atoms with Crippen molar-refractivity contribution in [3.8, 4) is 0 Å². The lowest BCUT2D eigenvalue weighted by Crippen LogP contribution is -2.23. The van der Waals surface area contributed by atoms with Gasteiger partial charge in [-0.2, -0.15) is 0 Å². The van der Waals surface area contributed by atoms with Gasteiger partial charge in [0.15, 0.2) is 0 Å². The fourth-order valence-corrected chi connectivity index (χ4v) is 2.04. The molecule has 1 amide bonds. The van der Waals surface area contributed by atoms with Gasteiger partial charge in [0.25, 0.3) is 0 Å². The van der Waals surface area contributed by atoms with Gasteiger partial charge >= 0.3 is 5.97 Å². The third kappa shape index (κ3) is 3.68. The summed E-state index contributed by atoms with van der Waals surface area (Å²) in [5.41, 5.74) is 1.16. The lowest BCUT2D eigenvalue weighted by Gasteiger charge is -2.06. The Morgan fingerprint density at radius 2 is 1.80 bits per heavy atom. The number of benzene rings is 2. The highest BCUT2D eigenvalue weighted by molar-refractivity contribution is 5.93. The predicted octanol–water partition coefficient (Wildman–Crippen LogP) is 2.14. The molecule has 2 rings (SSSR count). The Morgan fingerprint density at radius 3 is 2.60 bits per heavy atom. The van der Waals surface area contributed by atoms with Gasteiger partial charge in [-0.3, -0.25) is 4.79 Å². The first-order valence-electron chi connectivity index (χ1n) is 6.32. The van der Waals surface area contributed by atoms with E-state index in [9.17, 15) is 9.59 Å². The maximum absolute atomic E-state index is 11.3. The second kappa shape index (κ2) is 6.52. The molecule has 4 heteroatoms. The number of carboxylic acid groups (broad SMARTS) is 1. The van der Waals surface area contributed by atoms with Gasteiger partial charge in [0.2, 0.25) is 5.91 Å². The number of hydrogen-bond acceptors (Lipinski definition) is 2. The van der Waals surface area contributed by atoms with Gasteiger partial charge in [0, 0.05) is 18.7 Å². The van der Waals surface area contributed by atoms with Crippen LogP contribution in [0.5, 0.6) is 0 Å². The van der Waals surface area contributed by atoms with Crippen molar-refractivity contribution in [2.75, 3.05) is 6.54 Å². The molecule has 0 bridgehead atoms. The van der Waals surface area contributed by atoms with Crippen LogP contribution in [-0.2, 0) is 16.0 Å². The smallest absolute Gasteiger partial charge is 0.328 e. The molecule has 2 aromatic rings. The second-order valence-corrected chi connectivity index (χ2v) is 4.35. The van der Waals surface area contributed by atoms with Crippen LogP contribution in [0.25, 0.3) is 10.8 Å².